The number of nitrogens with two attached hydrogens (primary N) is 1. The largest absolute Gasteiger partial charge is 0.368 e. The van der Waals surface area contributed by atoms with Crippen molar-refractivity contribution in [1.82, 2.24) is 19.9 Å². The van der Waals surface area contributed by atoms with Crippen molar-refractivity contribution in [2.75, 3.05) is 17.2 Å². The number of anilines is 2. The first-order chi connectivity index (χ1) is 8.79. The van der Waals surface area contributed by atoms with Crippen molar-refractivity contribution in [3.05, 3.63) is 6.33 Å². The molecule has 1 atom stereocenters. The molecule has 1 unspecified atom stereocenters. The van der Waals surface area contributed by atoms with Gasteiger partial charge in [0.2, 0.25) is 5.95 Å². The average molecular weight is 246 g/mol. The second-order valence-corrected chi connectivity index (χ2v) is 4.76. The van der Waals surface area contributed by atoms with E-state index in [9.17, 15) is 0 Å². The molecule has 6 nitrogen and oxygen atoms in total. The summed E-state index contributed by atoms with van der Waals surface area (Å²) in [6.07, 6.45) is 6.49. The summed E-state index contributed by atoms with van der Waals surface area (Å²) in [7, 11) is 0. The van der Waals surface area contributed by atoms with Crippen molar-refractivity contribution in [1.29, 1.82) is 0 Å². The predicted molar refractivity (Wildman–Crippen MR) is 71.4 cm³/mol. The van der Waals surface area contributed by atoms with Crippen LogP contribution in [0, 0.1) is 0 Å². The first kappa shape index (κ1) is 11.3. The molecule has 0 amide bonds. The highest BCUT2D eigenvalue weighted by Gasteiger charge is 2.25. The summed E-state index contributed by atoms with van der Waals surface area (Å²) < 4.78 is 0. The zero-order valence-corrected chi connectivity index (χ0v) is 10.6. The van der Waals surface area contributed by atoms with Crippen molar-refractivity contribution in [3.8, 4) is 0 Å². The molecule has 1 aliphatic heterocycles. The van der Waals surface area contributed by atoms with Gasteiger partial charge in [0, 0.05) is 12.6 Å². The molecular formula is C12H18N6. The number of H-pyrrole nitrogens is 1. The van der Waals surface area contributed by atoms with E-state index >= 15 is 0 Å². The molecule has 3 heterocycles. The Morgan fingerprint density at radius 1 is 1.44 bits per heavy atom. The highest BCUT2D eigenvalue weighted by atomic mass is 15.3. The Kier molecular flexibility index (Phi) is 2.77. The Morgan fingerprint density at radius 3 is 3.17 bits per heavy atom. The fourth-order valence-corrected chi connectivity index (χ4v) is 2.75. The number of piperidine rings is 1. The van der Waals surface area contributed by atoms with Crippen LogP contribution in [0.5, 0.6) is 0 Å². The summed E-state index contributed by atoms with van der Waals surface area (Å²) in [6, 6.07) is 0.541. The summed E-state index contributed by atoms with van der Waals surface area (Å²) in [5.41, 5.74) is 7.32. The van der Waals surface area contributed by atoms with Crippen molar-refractivity contribution in [3.63, 3.8) is 0 Å². The van der Waals surface area contributed by atoms with Gasteiger partial charge >= 0.3 is 0 Å². The zero-order chi connectivity index (χ0) is 12.5. The van der Waals surface area contributed by atoms with Gasteiger partial charge in [0.05, 0.1) is 6.33 Å². The fourth-order valence-electron chi connectivity index (χ4n) is 2.75. The van der Waals surface area contributed by atoms with Crippen LogP contribution in [-0.2, 0) is 0 Å². The summed E-state index contributed by atoms with van der Waals surface area (Å²) >= 11 is 0. The lowest BCUT2D eigenvalue weighted by molar-refractivity contribution is 0.447. The summed E-state index contributed by atoms with van der Waals surface area (Å²) in [4.78, 5) is 18.2. The van der Waals surface area contributed by atoms with Crippen molar-refractivity contribution < 1.29 is 0 Å². The molecule has 3 rings (SSSR count). The number of hydrogen-bond donors (Lipinski definition) is 2. The third-order valence-electron chi connectivity index (χ3n) is 3.65. The Labute approximate surface area is 106 Å². The number of fused-ring (bicyclic) bond motifs is 1. The second kappa shape index (κ2) is 4.44. The Bertz CT molecular complexity index is 548. The molecule has 3 N–H and O–H groups in total. The molecule has 1 aliphatic rings. The van der Waals surface area contributed by atoms with Gasteiger partial charge in [-0.1, -0.05) is 6.92 Å². The van der Waals surface area contributed by atoms with Crippen LogP contribution in [-0.4, -0.2) is 32.5 Å². The van der Waals surface area contributed by atoms with Gasteiger partial charge in [0.25, 0.3) is 0 Å². The number of aromatic amines is 1. The van der Waals surface area contributed by atoms with Crippen LogP contribution >= 0.6 is 0 Å². The van der Waals surface area contributed by atoms with Crippen LogP contribution in [0.4, 0.5) is 11.8 Å². The van der Waals surface area contributed by atoms with Crippen LogP contribution in [0.2, 0.25) is 0 Å². The minimum atomic E-state index is 0.296. The fraction of sp³-hybridized carbons (Fsp3) is 0.583. The van der Waals surface area contributed by atoms with E-state index in [-0.39, 0.29) is 0 Å². The van der Waals surface area contributed by atoms with Crippen molar-refractivity contribution >= 4 is 22.9 Å². The Morgan fingerprint density at radius 2 is 2.33 bits per heavy atom. The summed E-state index contributed by atoms with van der Waals surface area (Å²) in [5.74, 6) is 1.20. The Balaban J connectivity index is 2.08. The lowest BCUT2D eigenvalue weighted by Gasteiger charge is -2.36. The minimum absolute atomic E-state index is 0.296. The number of rotatable bonds is 2. The topological polar surface area (TPSA) is 83.7 Å². The molecule has 2 aromatic heterocycles. The van der Waals surface area contributed by atoms with Gasteiger partial charge in [-0.05, 0) is 25.7 Å². The molecule has 0 bridgehead atoms. The van der Waals surface area contributed by atoms with Gasteiger partial charge < -0.3 is 15.6 Å². The molecule has 2 aromatic rings. The smallest absolute Gasteiger partial charge is 0.224 e. The van der Waals surface area contributed by atoms with E-state index in [0.717, 1.165) is 24.3 Å². The van der Waals surface area contributed by atoms with E-state index in [2.05, 4.69) is 31.8 Å². The predicted octanol–water partition coefficient (Wildman–Crippen LogP) is 1.70. The van der Waals surface area contributed by atoms with E-state index in [4.69, 9.17) is 5.73 Å². The number of nitrogens with zero attached hydrogens (tertiary/aromatic N) is 4. The van der Waals surface area contributed by atoms with E-state index in [0.29, 0.717) is 17.6 Å². The lowest BCUT2D eigenvalue weighted by atomic mass is 10.00. The highest BCUT2D eigenvalue weighted by molar-refractivity contribution is 5.84. The molecule has 0 aliphatic carbocycles. The van der Waals surface area contributed by atoms with Crippen molar-refractivity contribution in [2.24, 2.45) is 0 Å². The van der Waals surface area contributed by atoms with E-state index in [1.54, 1.807) is 6.33 Å². The third kappa shape index (κ3) is 1.77. The third-order valence-corrected chi connectivity index (χ3v) is 3.65. The molecular weight excluding hydrogens is 228 g/mol. The number of hydrogen-bond acceptors (Lipinski definition) is 5. The molecule has 0 spiro atoms. The number of nitrogens with one attached hydrogen (secondary N) is 1. The monoisotopic (exact) mass is 246 g/mol. The first-order valence-corrected chi connectivity index (χ1v) is 6.53. The number of imidazole rings is 1. The van der Waals surface area contributed by atoms with Crippen LogP contribution in [0.1, 0.15) is 32.6 Å². The quantitative estimate of drug-likeness (QED) is 0.842. The SMILES string of the molecule is CCC1CCCCN1c1nc(N)nc2nc[nH]c12. The maximum absolute atomic E-state index is 5.77. The van der Waals surface area contributed by atoms with Crippen LogP contribution in [0.25, 0.3) is 11.2 Å². The molecule has 0 radical (unpaired) electrons. The number of aromatic nitrogens is 4. The standard InChI is InChI=1S/C12H18N6/c1-2-8-5-3-4-6-18(8)11-9-10(15-7-14-9)16-12(13)17-11/h7-8H,2-6H2,1H3,(H3,13,14,15,16,17). The number of nitrogen functional groups attached to an aromatic ring is 1. The summed E-state index contributed by atoms with van der Waals surface area (Å²) in [5, 5.41) is 0. The van der Waals surface area contributed by atoms with Crippen LogP contribution < -0.4 is 10.6 Å². The molecule has 6 heteroatoms. The second-order valence-electron chi connectivity index (χ2n) is 4.76. The highest BCUT2D eigenvalue weighted by Crippen LogP contribution is 2.29. The van der Waals surface area contributed by atoms with Crippen LogP contribution in [0.3, 0.4) is 0 Å². The van der Waals surface area contributed by atoms with E-state index in [1.165, 1.54) is 19.3 Å². The van der Waals surface area contributed by atoms with Gasteiger partial charge in [-0.15, -0.1) is 0 Å². The van der Waals surface area contributed by atoms with Gasteiger partial charge in [0.1, 0.15) is 5.52 Å². The van der Waals surface area contributed by atoms with Gasteiger partial charge in [-0.3, -0.25) is 0 Å². The maximum atomic E-state index is 5.77. The summed E-state index contributed by atoms with van der Waals surface area (Å²) in [6.45, 7) is 3.25. The molecule has 1 fully saturated rings. The lowest BCUT2D eigenvalue weighted by Crippen LogP contribution is -2.40. The minimum Gasteiger partial charge on any atom is -0.368 e. The molecule has 1 saturated heterocycles. The molecule has 96 valence electrons. The zero-order valence-electron chi connectivity index (χ0n) is 10.6. The Hall–Kier alpha value is -1.85. The first-order valence-electron chi connectivity index (χ1n) is 6.53. The van der Waals surface area contributed by atoms with E-state index < -0.39 is 0 Å². The van der Waals surface area contributed by atoms with Gasteiger partial charge in [-0.2, -0.15) is 9.97 Å². The maximum Gasteiger partial charge on any atom is 0.224 e. The molecule has 0 saturated carbocycles. The normalized spacial score (nSPS) is 20.5. The average Bonchev–Trinajstić information content (AvgIpc) is 2.85. The van der Waals surface area contributed by atoms with Gasteiger partial charge in [0.15, 0.2) is 11.5 Å². The van der Waals surface area contributed by atoms with Crippen LogP contribution in [0.15, 0.2) is 6.33 Å². The molecule has 18 heavy (non-hydrogen) atoms. The van der Waals surface area contributed by atoms with Crippen molar-refractivity contribution in [2.45, 2.75) is 38.6 Å². The van der Waals surface area contributed by atoms with E-state index in [1.807, 2.05) is 0 Å². The molecule has 0 aromatic carbocycles. The van der Waals surface area contributed by atoms with Gasteiger partial charge in [-0.25, -0.2) is 4.98 Å².